The summed E-state index contributed by atoms with van der Waals surface area (Å²) < 4.78 is 16.9. The summed E-state index contributed by atoms with van der Waals surface area (Å²) in [6.07, 6.45) is 83.3. The fourth-order valence-electron chi connectivity index (χ4n) is 10.6. The third-order valence-electron chi connectivity index (χ3n) is 15.9. The molecule has 0 spiro atoms. The highest BCUT2D eigenvalue weighted by molar-refractivity contribution is 5.71. The summed E-state index contributed by atoms with van der Waals surface area (Å²) in [6, 6.07) is 0. The predicted octanol–water partition coefficient (Wildman–Crippen LogP) is 23.9. The molecule has 0 aromatic carbocycles. The van der Waals surface area contributed by atoms with E-state index >= 15 is 0 Å². The van der Waals surface area contributed by atoms with Gasteiger partial charge >= 0.3 is 17.9 Å². The summed E-state index contributed by atoms with van der Waals surface area (Å²) in [6.45, 7) is 6.68. The first-order valence-corrected chi connectivity index (χ1v) is 35.0. The van der Waals surface area contributed by atoms with Crippen molar-refractivity contribution in [2.75, 3.05) is 13.2 Å². The van der Waals surface area contributed by atoms with Crippen LogP contribution in [-0.4, -0.2) is 37.2 Å². The number of ether oxygens (including phenoxy) is 3. The highest BCUT2D eigenvalue weighted by Crippen LogP contribution is 2.18. The molecule has 0 amide bonds. The molecule has 78 heavy (non-hydrogen) atoms. The Morgan fingerprint density at radius 1 is 0.256 bits per heavy atom. The zero-order valence-electron chi connectivity index (χ0n) is 52.7. The van der Waals surface area contributed by atoms with E-state index in [0.717, 1.165) is 77.0 Å². The van der Waals surface area contributed by atoms with Crippen molar-refractivity contribution in [3.8, 4) is 0 Å². The van der Waals surface area contributed by atoms with Crippen LogP contribution in [0, 0.1) is 0 Å². The van der Waals surface area contributed by atoms with Crippen molar-refractivity contribution in [2.45, 2.75) is 393 Å². The topological polar surface area (TPSA) is 78.9 Å². The molecule has 0 radical (unpaired) electrons. The molecule has 1 atom stereocenters. The Balaban J connectivity index is 4.16. The Kier molecular flexibility index (Phi) is 65.1. The van der Waals surface area contributed by atoms with E-state index in [1.807, 2.05) is 0 Å². The molecule has 0 N–H and O–H groups in total. The number of carbonyl (C=O) groups excluding carboxylic acids is 3. The van der Waals surface area contributed by atoms with Gasteiger partial charge in [-0.15, -0.1) is 0 Å². The first kappa shape index (κ1) is 75.6. The molecule has 0 bridgehead atoms. The first-order valence-electron chi connectivity index (χ1n) is 35.0. The molecule has 0 aliphatic rings. The van der Waals surface area contributed by atoms with Gasteiger partial charge in [0, 0.05) is 19.3 Å². The molecule has 0 heterocycles. The van der Waals surface area contributed by atoms with Crippen molar-refractivity contribution in [3.05, 3.63) is 36.5 Å². The quantitative estimate of drug-likeness (QED) is 0.0261. The molecule has 0 aromatic heterocycles. The van der Waals surface area contributed by atoms with Gasteiger partial charge < -0.3 is 14.2 Å². The van der Waals surface area contributed by atoms with Gasteiger partial charge in [0.25, 0.3) is 0 Å². The highest BCUT2D eigenvalue weighted by atomic mass is 16.6. The molecule has 6 nitrogen and oxygen atoms in total. The van der Waals surface area contributed by atoms with Crippen LogP contribution in [0.5, 0.6) is 0 Å². The lowest BCUT2D eigenvalue weighted by molar-refractivity contribution is -0.167. The van der Waals surface area contributed by atoms with Crippen molar-refractivity contribution in [1.29, 1.82) is 0 Å². The van der Waals surface area contributed by atoms with E-state index in [1.165, 1.54) is 270 Å². The minimum Gasteiger partial charge on any atom is -0.462 e. The molecule has 6 heteroatoms. The lowest BCUT2D eigenvalue weighted by Gasteiger charge is -2.18. The van der Waals surface area contributed by atoms with E-state index in [-0.39, 0.29) is 31.1 Å². The molecule has 1 unspecified atom stereocenters. The summed E-state index contributed by atoms with van der Waals surface area (Å²) in [5.74, 6) is -0.852. The number of hydrogen-bond donors (Lipinski definition) is 0. The largest absolute Gasteiger partial charge is 0.462 e. The van der Waals surface area contributed by atoms with Gasteiger partial charge in [-0.3, -0.25) is 14.4 Å². The highest BCUT2D eigenvalue weighted by Gasteiger charge is 2.19. The van der Waals surface area contributed by atoms with Crippen LogP contribution >= 0.6 is 0 Å². The normalized spacial score (nSPS) is 12.2. The van der Waals surface area contributed by atoms with Crippen LogP contribution in [0.15, 0.2) is 36.5 Å². The maximum atomic E-state index is 12.9. The Morgan fingerprint density at radius 2 is 0.462 bits per heavy atom. The van der Waals surface area contributed by atoms with Crippen molar-refractivity contribution in [2.24, 2.45) is 0 Å². The van der Waals surface area contributed by atoms with Gasteiger partial charge in [0.05, 0.1) is 0 Å². The fraction of sp³-hybridized carbons (Fsp3) is 0.875. The fourth-order valence-corrected chi connectivity index (χ4v) is 10.6. The van der Waals surface area contributed by atoms with Gasteiger partial charge in [0.15, 0.2) is 6.10 Å². The summed E-state index contributed by atoms with van der Waals surface area (Å²) in [5, 5.41) is 0. The van der Waals surface area contributed by atoms with E-state index in [1.54, 1.807) is 0 Å². The summed E-state index contributed by atoms with van der Waals surface area (Å²) in [7, 11) is 0. The Bertz CT molecular complexity index is 1300. The van der Waals surface area contributed by atoms with Crippen LogP contribution in [0.2, 0.25) is 0 Å². The minimum atomic E-state index is -0.773. The van der Waals surface area contributed by atoms with Crippen LogP contribution in [-0.2, 0) is 28.6 Å². The third kappa shape index (κ3) is 64.5. The van der Waals surface area contributed by atoms with Gasteiger partial charge in [-0.1, -0.05) is 346 Å². The van der Waals surface area contributed by atoms with E-state index < -0.39 is 6.10 Å². The van der Waals surface area contributed by atoms with Crippen LogP contribution in [0.4, 0.5) is 0 Å². The van der Waals surface area contributed by atoms with Crippen LogP contribution in [0.1, 0.15) is 387 Å². The molecular weight excluding hydrogens is 961 g/mol. The average molecular weight is 1100 g/mol. The van der Waals surface area contributed by atoms with E-state index in [2.05, 4.69) is 57.2 Å². The monoisotopic (exact) mass is 1100 g/mol. The zero-order chi connectivity index (χ0) is 56.4. The molecular formula is C72H134O6. The second-order valence-electron chi connectivity index (χ2n) is 23.8. The maximum absolute atomic E-state index is 12.9. The molecule has 0 fully saturated rings. The molecule has 0 aliphatic carbocycles. The van der Waals surface area contributed by atoms with E-state index in [4.69, 9.17) is 14.2 Å². The second-order valence-corrected chi connectivity index (χ2v) is 23.8. The Morgan fingerprint density at radius 3 is 0.718 bits per heavy atom. The predicted molar refractivity (Wildman–Crippen MR) is 339 cm³/mol. The molecule has 0 aliphatic heterocycles. The van der Waals surface area contributed by atoms with Crippen LogP contribution in [0.3, 0.4) is 0 Å². The number of carbonyl (C=O) groups is 3. The summed E-state index contributed by atoms with van der Waals surface area (Å²) in [4.78, 5) is 38.3. The van der Waals surface area contributed by atoms with Gasteiger partial charge in [0.1, 0.15) is 13.2 Å². The average Bonchev–Trinajstić information content (AvgIpc) is 3.44. The standard InChI is InChI=1S/C72H134O6/c1-4-7-10-13-16-19-22-24-26-28-30-32-34-35-36-37-39-40-42-44-46-48-50-53-56-59-62-65-71(74)77-68-69(67-76-70(73)64-61-58-55-52-21-18-15-12-9-6-3)78-72(75)66-63-60-57-54-51-49-47-45-43-41-38-33-31-29-27-25-23-20-17-14-11-8-5-2/h23,25,29,31,38,41,69H,4-22,24,26-28,30,32-37,39-40,42-68H2,1-3H3/b25-23-,31-29-,41-38-. The second kappa shape index (κ2) is 67.1. The molecule has 0 saturated heterocycles. The lowest BCUT2D eigenvalue weighted by Crippen LogP contribution is -2.30. The molecule has 458 valence electrons. The first-order chi connectivity index (χ1) is 38.5. The van der Waals surface area contributed by atoms with E-state index in [9.17, 15) is 14.4 Å². The SMILES string of the molecule is CCCCCCC/C=C\C/C=C\C/C=C\CCCCCCCCCCC(=O)OC(COC(=O)CCCCCCCCCCCC)COC(=O)CCCCCCCCCCCCCCCCCCCCCCCCCCCCC. The molecule has 0 rings (SSSR count). The summed E-state index contributed by atoms with van der Waals surface area (Å²) >= 11 is 0. The molecule has 0 saturated carbocycles. The van der Waals surface area contributed by atoms with Crippen molar-refractivity contribution in [1.82, 2.24) is 0 Å². The summed E-state index contributed by atoms with van der Waals surface area (Å²) in [5.41, 5.74) is 0. The number of unbranched alkanes of at least 4 members (excludes halogenated alkanes) is 48. The van der Waals surface area contributed by atoms with Gasteiger partial charge in [-0.2, -0.15) is 0 Å². The van der Waals surface area contributed by atoms with Gasteiger partial charge in [-0.25, -0.2) is 0 Å². The number of hydrogen-bond acceptors (Lipinski definition) is 6. The van der Waals surface area contributed by atoms with Crippen LogP contribution in [0.25, 0.3) is 0 Å². The van der Waals surface area contributed by atoms with Crippen LogP contribution < -0.4 is 0 Å². The van der Waals surface area contributed by atoms with Crippen molar-refractivity contribution in [3.63, 3.8) is 0 Å². The Labute approximate surface area is 486 Å². The van der Waals surface area contributed by atoms with Gasteiger partial charge in [0.2, 0.25) is 0 Å². The van der Waals surface area contributed by atoms with Crippen molar-refractivity contribution < 1.29 is 28.6 Å². The number of esters is 3. The minimum absolute atomic E-state index is 0.0698. The van der Waals surface area contributed by atoms with E-state index in [0.29, 0.717) is 19.3 Å². The maximum Gasteiger partial charge on any atom is 0.306 e. The number of rotatable bonds is 65. The number of allylic oxidation sites excluding steroid dienone is 6. The molecule has 0 aromatic rings. The zero-order valence-corrected chi connectivity index (χ0v) is 52.7. The lowest BCUT2D eigenvalue weighted by atomic mass is 10.0. The smallest absolute Gasteiger partial charge is 0.306 e. The third-order valence-corrected chi connectivity index (χ3v) is 15.9. The van der Waals surface area contributed by atoms with Gasteiger partial charge in [-0.05, 0) is 57.8 Å². The Hall–Kier alpha value is -2.37. The van der Waals surface area contributed by atoms with Crippen molar-refractivity contribution >= 4 is 17.9 Å².